The molecule has 1 fully saturated rings. The van der Waals surface area contributed by atoms with Crippen LogP contribution in [0.3, 0.4) is 0 Å². The number of halogens is 3. The molecule has 0 aliphatic carbocycles. The summed E-state index contributed by atoms with van der Waals surface area (Å²) in [4.78, 5) is 14.0. The van der Waals surface area contributed by atoms with E-state index in [0.717, 1.165) is 30.5 Å². The lowest BCUT2D eigenvalue weighted by Gasteiger charge is -2.24. The molecule has 0 spiro atoms. The number of carbonyl (C=O) groups is 1. The first kappa shape index (κ1) is 14.1. The van der Waals surface area contributed by atoms with Gasteiger partial charge in [-0.2, -0.15) is 11.3 Å². The van der Waals surface area contributed by atoms with Gasteiger partial charge in [0.05, 0.1) is 6.04 Å². The largest absolute Gasteiger partial charge is 0.332 e. The van der Waals surface area contributed by atoms with Crippen molar-refractivity contribution in [2.24, 2.45) is 0 Å². The van der Waals surface area contributed by atoms with Crippen molar-refractivity contribution in [3.63, 3.8) is 0 Å². The average Bonchev–Trinajstić information content (AvgIpc) is 3.13. The van der Waals surface area contributed by atoms with Crippen molar-refractivity contribution in [1.82, 2.24) is 4.90 Å². The summed E-state index contributed by atoms with van der Waals surface area (Å²) < 4.78 is 39.5. The zero-order chi connectivity index (χ0) is 15.0. The van der Waals surface area contributed by atoms with Crippen LogP contribution in [-0.2, 0) is 0 Å². The second kappa shape index (κ2) is 5.52. The summed E-state index contributed by atoms with van der Waals surface area (Å²) in [6.07, 6.45) is 1.65. The molecule has 1 aliphatic rings. The SMILES string of the molecule is O=C(c1cc(F)c(F)c(F)c1)N1CCCC1c1ccsc1. The lowest BCUT2D eigenvalue weighted by atomic mass is 10.1. The molecule has 0 radical (unpaired) electrons. The Labute approximate surface area is 123 Å². The molecule has 2 nitrogen and oxygen atoms in total. The van der Waals surface area contributed by atoms with Gasteiger partial charge in [0.15, 0.2) is 17.5 Å². The third-order valence-electron chi connectivity index (χ3n) is 3.67. The zero-order valence-corrected chi connectivity index (χ0v) is 11.8. The quantitative estimate of drug-likeness (QED) is 0.763. The molecule has 1 saturated heterocycles. The fourth-order valence-electron chi connectivity index (χ4n) is 2.67. The predicted octanol–water partition coefficient (Wildman–Crippen LogP) is 4.14. The second-order valence-corrected chi connectivity index (χ2v) is 5.75. The first-order valence-electron chi connectivity index (χ1n) is 6.55. The summed E-state index contributed by atoms with van der Waals surface area (Å²) in [5.41, 5.74) is 0.863. The van der Waals surface area contributed by atoms with Gasteiger partial charge in [0, 0.05) is 12.1 Å². The van der Waals surface area contributed by atoms with Crippen LogP contribution < -0.4 is 0 Å². The number of likely N-dealkylation sites (tertiary alicyclic amines) is 1. The molecule has 0 N–H and O–H groups in total. The Bertz CT molecular complexity index is 649. The molecule has 0 saturated carbocycles. The molecule has 1 atom stereocenters. The summed E-state index contributed by atoms with van der Waals surface area (Å²) in [6.45, 7) is 0.528. The highest BCUT2D eigenvalue weighted by Crippen LogP contribution is 2.34. The van der Waals surface area contributed by atoms with Crippen molar-refractivity contribution in [2.45, 2.75) is 18.9 Å². The van der Waals surface area contributed by atoms with Gasteiger partial charge in [0.25, 0.3) is 5.91 Å². The first-order chi connectivity index (χ1) is 10.1. The molecule has 1 aliphatic heterocycles. The van der Waals surface area contributed by atoms with Crippen LogP contribution in [0.5, 0.6) is 0 Å². The summed E-state index contributed by atoms with van der Waals surface area (Å²) in [7, 11) is 0. The fourth-order valence-corrected chi connectivity index (χ4v) is 3.37. The van der Waals surface area contributed by atoms with E-state index in [4.69, 9.17) is 0 Å². The molecule has 1 aromatic carbocycles. The topological polar surface area (TPSA) is 20.3 Å². The average molecular weight is 311 g/mol. The normalized spacial score (nSPS) is 18.2. The van der Waals surface area contributed by atoms with Crippen LogP contribution in [-0.4, -0.2) is 17.4 Å². The Kier molecular flexibility index (Phi) is 3.71. The molecule has 2 aromatic rings. The Morgan fingerprint density at radius 3 is 2.57 bits per heavy atom. The number of hydrogen-bond acceptors (Lipinski definition) is 2. The molecule has 110 valence electrons. The van der Waals surface area contributed by atoms with E-state index in [-0.39, 0.29) is 11.6 Å². The minimum Gasteiger partial charge on any atom is -0.332 e. The summed E-state index contributed by atoms with van der Waals surface area (Å²) in [5.74, 6) is -4.71. The van der Waals surface area contributed by atoms with Gasteiger partial charge in [0.1, 0.15) is 0 Å². The Hall–Kier alpha value is -1.82. The van der Waals surface area contributed by atoms with Crippen molar-refractivity contribution in [1.29, 1.82) is 0 Å². The van der Waals surface area contributed by atoms with E-state index in [0.29, 0.717) is 6.54 Å². The van der Waals surface area contributed by atoms with Gasteiger partial charge in [-0.3, -0.25) is 4.79 Å². The number of hydrogen-bond donors (Lipinski definition) is 0. The van der Waals surface area contributed by atoms with Crippen LogP contribution in [0, 0.1) is 17.5 Å². The molecular formula is C15H12F3NOS. The summed E-state index contributed by atoms with van der Waals surface area (Å²) in [5, 5.41) is 3.88. The van der Waals surface area contributed by atoms with Crippen molar-refractivity contribution in [3.8, 4) is 0 Å². The summed E-state index contributed by atoms with van der Waals surface area (Å²) in [6, 6.07) is 3.36. The molecule has 21 heavy (non-hydrogen) atoms. The second-order valence-electron chi connectivity index (χ2n) is 4.97. The van der Waals surface area contributed by atoms with Gasteiger partial charge in [-0.05, 0) is 47.4 Å². The fraction of sp³-hybridized carbons (Fsp3) is 0.267. The van der Waals surface area contributed by atoms with Crippen molar-refractivity contribution in [2.75, 3.05) is 6.54 Å². The van der Waals surface area contributed by atoms with Crippen molar-refractivity contribution in [3.05, 3.63) is 57.5 Å². The van der Waals surface area contributed by atoms with Gasteiger partial charge in [-0.1, -0.05) is 0 Å². The van der Waals surface area contributed by atoms with Gasteiger partial charge in [-0.25, -0.2) is 13.2 Å². The third kappa shape index (κ3) is 2.55. The van der Waals surface area contributed by atoms with E-state index in [1.807, 2.05) is 16.8 Å². The number of thiophene rings is 1. The number of amides is 1. The van der Waals surface area contributed by atoms with Gasteiger partial charge in [-0.15, -0.1) is 0 Å². The van der Waals surface area contributed by atoms with E-state index in [2.05, 4.69) is 0 Å². The number of benzene rings is 1. The smallest absolute Gasteiger partial charge is 0.254 e. The van der Waals surface area contributed by atoms with E-state index < -0.39 is 23.4 Å². The minimum absolute atomic E-state index is 0.0834. The highest BCUT2D eigenvalue weighted by atomic mass is 32.1. The maximum atomic E-state index is 13.3. The number of nitrogens with zero attached hydrogens (tertiary/aromatic N) is 1. The lowest BCUT2D eigenvalue weighted by Crippen LogP contribution is -2.30. The molecule has 6 heteroatoms. The standard InChI is InChI=1S/C15H12F3NOS/c16-11-6-10(7-12(17)14(11)18)15(20)19-4-1-2-13(19)9-3-5-21-8-9/h3,5-8,13H,1-2,4H2. The molecule has 2 heterocycles. The predicted molar refractivity (Wildman–Crippen MR) is 73.6 cm³/mol. The Morgan fingerprint density at radius 1 is 1.24 bits per heavy atom. The molecule has 0 bridgehead atoms. The van der Waals surface area contributed by atoms with Crippen LogP contribution >= 0.6 is 11.3 Å². The van der Waals surface area contributed by atoms with E-state index in [9.17, 15) is 18.0 Å². The Morgan fingerprint density at radius 2 is 1.95 bits per heavy atom. The lowest BCUT2D eigenvalue weighted by molar-refractivity contribution is 0.0734. The molecule has 1 amide bonds. The molecule has 1 aromatic heterocycles. The van der Waals surface area contributed by atoms with Crippen LogP contribution in [0.2, 0.25) is 0 Å². The Balaban J connectivity index is 1.91. The zero-order valence-electron chi connectivity index (χ0n) is 11.0. The third-order valence-corrected chi connectivity index (χ3v) is 4.37. The van der Waals surface area contributed by atoms with Crippen LogP contribution in [0.4, 0.5) is 13.2 Å². The molecular weight excluding hydrogens is 299 g/mol. The van der Waals surface area contributed by atoms with Crippen LogP contribution in [0.25, 0.3) is 0 Å². The van der Waals surface area contributed by atoms with Gasteiger partial charge >= 0.3 is 0 Å². The highest BCUT2D eigenvalue weighted by molar-refractivity contribution is 7.07. The van der Waals surface area contributed by atoms with E-state index in [1.165, 1.54) is 11.3 Å². The van der Waals surface area contributed by atoms with Crippen molar-refractivity contribution < 1.29 is 18.0 Å². The maximum absolute atomic E-state index is 13.3. The highest BCUT2D eigenvalue weighted by Gasteiger charge is 2.31. The molecule has 1 unspecified atom stereocenters. The minimum atomic E-state index is -1.55. The van der Waals surface area contributed by atoms with Gasteiger partial charge < -0.3 is 4.90 Å². The summed E-state index contributed by atoms with van der Waals surface area (Å²) >= 11 is 1.54. The van der Waals surface area contributed by atoms with Crippen LogP contribution in [0.1, 0.15) is 34.8 Å². The van der Waals surface area contributed by atoms with E-state index >= 15 is 0 Å². The monoisotopic (exact) mass is 311 g/mol. The first-order valence-corrected chi connectivity index (χ1v) is 7.50. The maximum Gasteiger partial charge on any atom is 0.254 e. The van der Waals surface area contributed by atoms with Crippen molar-refractivity contribution >= 4 is 17.2 Å². The van der Waals surface area contributed by atoms with Crippen LogP contribution in [0.15, 0.2) is 29.0 Å². The number of rotatable bonds is 2. The van der Waals surface area contributed by atoms with Gasteiger partial charge in [0.2, 0.25) is 0 Å². The number of carbonyl (C=O) groups excluding carboxylic acids is 1. The molecule has 3 rings (SSSR count). The van der Waals surface area contributed by atoms with E-state index in [1.54, 1.807) is 4.90 Å².